The zero-order valence-corrected chi connectivity index (χ0v) is 21.6. The molecule has 3 aromatic rings. The van der Waals surface area contributed by atoms with Gasteiger partial charge in [-0.1, -0.05) is 60.7 Å². The highest BCUT2D eigenvalue weighted by Gasteiger charge is 2.37. The van der Waals surface area contributed by atoms with Crippen LogP contribution in [-0.4, -0.2) is 55.2 Å². The highest BCUT2D eigenvalue weighted by atomic mass is 16.5. The van der Waals surface area contributed by atoms with E-state index in [-0.39, 0.29) is 6.03 Å². The lowest BCUT2D eigenvalue weighted by Crippen LogP contribution is -2.43. The number of rotatable bonds is 4. The number of nitrogens with zero attached hydrogens (tertiary/aromatic N) is 2. The Kier molecular flexibility index (Phi) is 6.99. The van der Waals surface area contributed by atoms with Crippen molar-refractivity contribution in [3.63, 3.8) is 0 Å². The van der Waals surface area contributed by atoms with Crippen LogP contribution in [0.5, 0.6) is 0 Å². The maximum absolute atomic E-state index is 12.5. The monoisotopic (exact) mass is 495 g/mol. The number of anilines is 1. The third-order valence-corrected chi connectivity index (χ3v) is 8.63. The minimum absolute atomic E-state index is 0.0512. The first-order chi connectivity index (χ1) is 18.2. The summed E-state index contributed by atoms with van der Waals surface area (Å²) in [6.07, 6.45) is 6.30. The van der Waals surface area contributed by atoms with Gasteiger partial charge in [0.25, 0.3) is 0 Å². The van der Waals surface area contributed by atoms with E-state index in [2.05, 4.69) is 70.9 Å². The van der Waals surface area contributed by atoms with Crippen LogP contribution in [0, 0.1) is 5.41 Å². The van der Waals surface area contributed by atoms with E-state index in [1.807, 2.05) is 12.1 Å². The average molecular weight is 496 g/mol. The van der Waals surface area contributed by atoms with Gasteiger partial charge in [0.05, 0.1) is 13.2 Å². The normalized spacial score (nSPS) is 19.4. The Morgan fingerprint density at radius 1 is 0.811 bits per heavy atom. The molecule has 0 bridgehead atoms. The van der Waals surface area contributed by atoms with Crippen molar-refractivity contribution < 1.29 is 9.53 Å². The molecule has 192 valence electrons. The van der Waals surface area contributed by atoms with Crippen LogP contribution in [0.2, 0.25) is 0 Å². The second kappa shape index (κ2) is 10.7. The summed E-state index contributed by atoms with van der Waals surface area (Å²) in [6.45, 7) is 6.00. The topological polar surface area (TPSA) is 44.8 Å². The van der Waals surface area contributed by atoms with Crippen molar-refractivity contribution in [3.8, 4) is 11.1 Å². The number of hydrogen-bond donors (Lipinski definition) is 1. The van der Waals surface area contributed by atoms with E-state index < -0.39 is 0 Å². The molecule has 2 heterocycles. The van der Waals surface area contributed by atoms with Crippen molar-refractivity contribution in [2.45, 2.75) is 38.6 Å². The number of benzene rings is 3. The Hall–Kier alpha value is -3.15. The Morgan fingerprint density at radius 2 is 1.54 bits per heavy atom. The zero-order chi connectivity index (χ0) is 25.1. The summed E-state index contributed by atoms with van der Waals surface area (Å²) < 4.78 is 5.34. The van der Waals surface area contributed by atoms with E-state index in [0.717, 1.165) is 12.2 Å². The molecule has 1 spiro atoms. The lowest BCUT2D eigenvalue weighted by molar-refractivity contribution is 0.0564. The Balaban J connectivity index is 1.06. The van der Waals surface area contributed by atoms with Crippen molar-refractivity contribution in [1.29, 1.82) is 0 Å². The van der Waals surface area contributed by atoms with Gasteiger partial charge in [0.15, 0.2) is 0 Å². The molecule has 3 aromatic carbocycles. The van der Waals surface area contributed by atoms with Crippen molar-refractivity contribution in [2.75, 3.05) is 44.7 Å². The van der Waals surface area contributed by atoms with Crippen LogP contribution in [0.15, 0.2) is 72.8 Å². The molecular weight excluding hydrogens is 458 g/mol. The van der Waals surface area contributed by atoms with E-state index in [4.69, 9.17) is 4.74 Å². The molecule has 6 rings (SSSR count). The first kappa shape index (κ1) is 24.2. The number of morpholine rings is 1. The van der Waals surface area contributed by atoms with Gasteiger partial charge in [0, 0.05) is 25.3 Å². The first-order valence-corrected chi connectivity index (χ1v) is 13.8. The molecule has 2 fully saturated rings. The molecular formula is C32H37N3O2. The number of carbonyl (C=O) groups excluding carboxylic acids is 1. The van der Waals surface area contributed by atoms with Crippen LogP contribution in [0.25, 0.3) is 11.1 Å². The van der Waals surface area contributed by atoms with E-state index in [0.29, 0.717) is 31.7 Å². The van der Waals surface area contributed by atoms with Crippen LogP contribution in [-0.2, 0) is 24.1 Å². The van der Waals surface area contributed by atoms with Gasteiger partial charge in [-0.05, 0) is 90.6 Å². The second-order valence-corrected chi connectivity index (χ2v) is 11.0. The zero-order valence-electron chi connectivity index (χ0n) is 21.6. The molecule has 2 aliphatic heterocycles. The van der Waals surface area contributed by atoms with Gasteiger partial charge in [-0.3, -0.25) is 4.90 Å². The highest BCUT2D eigenvalue weighted by Crippen LogP contribution is 2.44. The minimum Gasteiger partial charge on any atom is -0.378 e. The molecule has 0 saturated carbocycles. The quantitative estimate of drug-likeness (QED) is 0.484. The molecule has 0 aromatic heterocycles. The molecule has 1 aliphatic carbocycles. The van der Waals surface area contributed by atoms with E-state index in [1.54, 1.807) is 10.5 Å². The van der Waals surface area contributed by atoms with Gasteiger partial charge in [-0.25, -0.2) is 4.79 Å². The number of hydrogen-bond acceptors (Lipinski definition) is 3. The van der Waals surface area contributed by atoms with Crippen LogP contribution in [0.4, 0.5) is 10.5 Å². The lowest BCUT2D eigenvalue weighted by atomic mass is 9.66. The number of ether oxygens (including phenoxy) is 1. The van der Waals surface area contributed by atoms with E-state index in [1.165, 1.54) is 67.4 Å². The Labute approximate surface area is 220 Å². The predicted molar refractivity (Wildman–Crippen MR) is 149 cm³/mol. The summed E-state index contributed by atoms with van der Waals surface area (Å²) in [5, 5.41) is 3.02. The van der Waals surface area contributed by atoms with E-state index in [9.17, 15) is 4.79 Å². The van der Waals surface area contributed by atoms with E-state index >= 15 is 0 Å². The number of amides is 2. The number of nitrogens with one attached hydrogen (secondary N) is 1. The fourth-order valence-corrected chi connectivity index (χ4v) is 6.27. The SMILES string of the molecule is O=C(Nc1ccc(-c2ccc3c(c2)CCC2(CCN(Cc4ccccc4)CC2)C3)cc1)N1CCOCC1. The van der Waals surface area contributed by atoms with Gasteiger partial charge in [-0.15, -0.1) is 0 Å². The summed E-state index contributed by atoms with van der Waals surface area (Å²) in [7, 11) is 0. The number of piperidine rings is 1. The maximum atomic E-state index is 12.5. The van der Waals surface area contributed by atoms with Crippen LogP contribution >= 0.6 is 0 Å². The summed E-state index contributed by atoms with van der Waals surface area (Å²) >= 11 is 0. The molecule has 5 heteroatoms. The molecule has 0 radical (unpaired) electrons. The minimum atomic E-state index is -0.0512. The highest BCUT2D eigenvalue weighted by molar-refractivity contribution is 5.89. The maximum Gasteiger partial charge on any atom is 0.321 e. The fourth-order valence-electron chi connectivity index (χ4n) is 6.27. The lowest BCUT2D eigenvalue weighted by Gasteiger charge is -2.45. The molecule has 0 unspecified atom stereocenters. The van der Waals surface area contributed by atoms with Gasteiger partial charge in [-0.2, -0.15) is 0 Å². The van der Waals surface area contributed by atoms with Crippen LogP contribution < -0.4 is 5.32 Å². The average Bonchev–Trinajstić information content (AvgIpc) is 2.96. The molecule has 1 N–H and O–H groups in total. The Bertz CT molecular complexity index is 1210. The fraction of sp³-hybridized carbons (Fsp3) is 0.406. The third kappa shape index (κ3) is 5.58. The molecule has 0 atom stereocenters. The number of likely N-dealkylation sites (tertiary alicyclic amines) is 1. The van der Waals surface area contributed by atoms with Gasteiger partial charge in [0.2, 0.25) is 0 Å². The largest absolute Gasteiger partial charge is 0.378 e. The van der Waals surface area contributed by atoms with Crippen molar-refractivity contribution in [1.82, 2.24) is 9.80 Å². The van der Waals surface area contributed by atoms with Crippen molar-refractivity contribution in [2.24, 2.45) is 5.41 Å². The van der Waals surface area contributed by atoms with Gasteiger partial charge >= 0.3 is 6.03 Å². The van der Waals surface area contributed by atoms with Crippen LogP contribution in [0.1, 0.15) is 36.0 Å². The smallest absolute Gasteiger partial charge is 0.321 e. The molecule has 37 heavy (non-hydrogen) atoms. The number of urea groups is 1. The molecule has 2 saturated heterocycles. The Morgan fingerprint density at radius 3 is 2.30 bits per heavy atom. The molecule has 2 amide bonds. The molecule has 3 aliphatic rings. The van der Waals surface area contributed by atoms with Crippen molar-refractivity contribution in [3.05, 3.63) is 89.5 Å². The first-order valence-electron chi connectivity index (χ1n) is 13.8. The third-order valence-electron chi connectivity index (χ3n) is 8.63. The number of fused-ring (bicyclic) bond motifs is 1. The number of aryl methyl sites for hydroxylation is 1. The van der Waals surface area contributed by atoms with Gasteiger partial charge < -0.3 is 15.0 Å². The summed E-state index contributed by atoms with van der Waals surface area (Å²) in [5.74, 6) is 0. The summed E-state index contributed by atoms with van der Waals surface area (Å²) in [6, 6.07) is 26.1. The van der Waals surface area contributed by atoms with Gasteiger partial charge in [0.1, 0.15) is 0 Å². The standard InChI is InChI=1S/C32H37N3O2/c36-31(35-18-20-37-21-19-35)33-30-10-8-26(9-11-30)27-6-7-29-23-32(13-12-28(29)22-27)14-16-34(17-15-32)24-25-4-2-1-3-5-25/h1-11,22H,12-21,23-24H2,(H,33,36). The van der Waals surface area contributed by atoms with Crippen molar-refractivity contribution >= 4 is 11.7 Å². The predicted octanol–water partition coefficient (Wildman–Crippen LogP) is 5.99. The van der Waals surface area contributed by atoms with Crippen LogP contribution in [0.3, 0.4) is 0 Å². The second-order valence-electron chi connectivity index (χ2n) is 11.0. The molecule has 5 nitrogen and oxygen atoms in total. The summed E-state index contributed by atoms with van der Waals surface area (Å²) in [4.78, 5) is 16.9. The number of carbonyl (C=O) groups is 1. The summed E-state index contributed by atoms with van der Waals surface area (Å²) in [5.41, 5.74) is 8.24.